The number of hydrogen-bond donors (Lipinski definition) is 1. The van der Waals surface area contributed by atoms with Gasteiger partial charge in [0.25, 0.3) is 0 Å². The van der Waals surface area contributed by atoms with Crippen LogP contribution in [0.15, 0.2) is 29.3 Å². The number of nitrogens with one attached hydrogen (secondary N) is 1. The van der Waals surface area contributed by atoms with Gasteiger partial charge in [-0.15, -0.1) is 24.0 Å². The van der Waals surface area contributed by atoms with Crippen molar-refractivity contribution in [3.8, 4) is 5.75 Å². The third-order valence-electron chi connectivity index (χ3n) is 4.28. The predicted molar refractivity (Wildman–Crippen MR) is 122 cm³/mol. The van der Waals surface area contributed by atoms with Crippen LogP contribution in [0.25, 0.3) is 0 Å². The van der Waals surface area contributed by atoms with Gasteiger partial charge in [-0.25, -0.2) is 0 Å². The Balaban J connectivity index is 0.00000338. The molecule has 0 aliphatic carbocycles. The van der Waals surface area contributed by atoms with E-state index >= 15 is 0 Å². The third kappa shape index (κ3) is 7.52. The fraction of sp³-hybridized carbons (Fsp3) is 0.632. The highest BCUT2D eigenvalue weighted by atomic mass is 127. The summed E-state index contributed by atoms with van der Waals surface area (Å²) in [5, 5.41) is 4.17. The monoisotopic (exact) mass is 493 g/mol. The van der Waals surface area contributed by atoms with Crippen LogP contribution >= 0.6 is 35.7 Å². The average Bonchev–Trinajstić information content (AvgIpc) is 2.64. The van der Waals surface area contributed by atoms with Gasteiger partial charge in [0.05, 0.1) is 6.61 Å². The molecule has 1 atom stereocenters. The molecule has 7 heteroatoms. The van der Waals surface area contributed by atoms with Crippen molar-refractivity contribution in [1.29, 1.82) is 0 Å². The van der Waals surface area contributed by atoms with Crippen molar-refractivity contribution in [3.63, 3.8) is 0 Å². The molecule has 0 aromatic heterocycles. The lowest BCUT2D eigenvalue weighted by Gasteiger charge is -2.36. The lowest BCUT2D eigenvalue weighted by molar-refractivity contribution is 0.146. The molecule has 5 nitrogen and oxygen atoms in total. The minimum atomic E-state index is 0. The molecule has 1 fully saturated rings. The van der Waals surface area contributed by atoms with E-state index in [1.807, 2.05) is 19.2 Å². The Labute approximate surface area is 179 Å². The second-order valence-corrected chi connectivity index (χ2v) is 7.83. The van der Waals surface area contributed by atoms with Crippen LogP contribution in [0.2, 0.25) is 0 Å². The van der Waals surface area contributed by atoms with E-state index in [0.29, 0.717) is 24.4 Å². The number of thioether (sulfide) groups is 1. The number of hydrogen-bond acceptors (Lipinski definition) is 4. The maximum atomic E-state index is 5.60. The molecule has 1 heterocycles. The first kappa shape index (κ1) is 23.4. The normalized spacial score (nSPS) is 17.8. The van der Waals surface area contributed by atoms with E-state index in [1.165, 1.54) is 5.56 Å². The molecule has 0 saturated carbocycles. The smallest absolute Gasteiger partial charge is 0.193 e. The van der Waals surface area contributed by atoms with E-state index in [2.05, 4.69) is 53.0 Å². The van der Waals surface area contributed by atoms with E-state index in [1.54, 1.807) is 7.11 Å². The summed E-state index contributed by atoms with van der Waals surface area (Å²) in [6.45, 7) is 8.66. The van der Waals surface area contributed by atoms with Gasteiger partial charge in [0.15, 0.2) is 5.96 Å². The summed E-state index contributed by atoms with van der Waals surface area (Å²) in [7, 11) is 3.54. The van der Waals surface area contributed by atoms with Crippen LogP contribution in [0.1, 0.15) is 19.4 Å². The van der Waals surface area contributed by atoms with Gasteiger partial charge in [-0.05, 0) is 23.6 Å². The van der Waals surface area contributed by atoms with Crippen LogP contribution in [-0.4, -0.2) is 62.3 Å². The summed E-state index contributed by atoms with van der Waals surface area (Å²) in [6.07, 6.45) is 0. The van der Waals surface area contributed by atoms with Gasteiger partial charge >= 0.3 is 0 Å². The summed E-state index contributed by atoms with van der Waals surface area (Å²) < 4.78 is 10.6. The molecule has 1 saturated heterocycles. The number of rotatable bonds is 7. The second-order valence-electron chi connectivity index (χ2n) is 6.49. The second kappa shape index (κ2) is 12.7. The molecular weight excluding hydrogens is 461 g/mol. The standard InChI is InChI=1S/C19H31N3O2S.HI/c1-15(2)18-14-22(9-12-25-18)19(20-3)21-13-16-5-7-17(8-6-16)24-11-10-23-4;/h5-8,15,18H,9-14H2,1-4H3,(H,20,21);1H. The van der Waals surface area contributed by atoms with E-state index in [-0.39, 0.29) is 24.0 Å². The molecule has 1 aliphatic heterocycles. The SMILES string of the molecule is CN=C(NCc1ccc(OCCOC)cc1)N1CCSC(C(C)C)C1.I. The van der Waals surface area contributed by atoms with E-state index in [0.717, 1.165) is 37.1 Å². The van der Waals surface area contributed by atoms with Crippen LogP contribution in [0.3, 0.4) is 0 Å². The number of guanidine groups is 1. The maximum absolute atomic E-state index is 5.60. The first-order chi connectivity index (χ1) is 12.1. The zero-order valence-electron chi connectivity index (χ0n) is 16.2. The number of aliphatic imine (C=N–C) groups is 1. The summed E-state index contributed by atoms with van der Waals surface area (Å²) in [5.41, 5.74) is 1.21. The van der Waals surface area contributed by atoms with Crippen LogP contribution < -0.4 is 10.1 Å². The molecule has 1 aromatic carbocycles. The number of halogens is 1. The van der Waals surface area contributed by atoms with Crippen LogP contribution in [0.4, 0.5) is 0 Å². The molecule has 0 bridgehead atoms. The number of benzene rings is 1. The average molecular weight is 493 g/mol. The van der Waals surface area contributed by atoms with Gasteiger partial charge < -0.3 is 19.7 Å². The Morgan fingerprint density at radius 3 is 2.65 bits per heavy atom. The largest absolute Gasteiger partial charge is 0.491 e. The Bertz CT molecular complexity index is 540. The molecule has 1 aromatic rings. The Morgan fingerprint density at radius 2 is 2.04 bits per heavy atom. The summed E-state index contributed by atoms with van der Waals surface area (Å²) >= 11 is 2.08. The quantitative estimate of drug-likeness (QED) is 0.273. The predicted octanol–water partition coefficient (Wildman–Crippen LogP) is 3.48. The molecule has 148 valence electrons. The van der Waals surface area contributed by atoms with Crippen molar-refractivity contribution in [3.05, 3.63) is 29.8 Å². The Kier molecular flexibility index (Phi) is 11.4. The van der Waals surface area contributed by atoms with Crippen LogP contribution in [-0.2, 0) is 11.3 Å². The molecule has 2 rings (SSSR count). The van der Waals surface area contributed by atoms with E-state index in [9.17, 15) is 0 Å². The molecule has 0 spiro atoms. The number of ether oxygens (including phenoxy) is 2. The molecule has 1 N–H and O–H groups in total. The van der Waals surface area contributed by atoms with E-state index in [4.69, 9.17) is 9.47 Å². The Morgan fingerprint density at radius 1 is 1.31 bits per heavy atom. The van der Waals surface area contributed by atoms with Crippen LogP contribution in [0, 0.1) is 5.92 Å². The van der Waals surface area contributed by atoms with Crippen molar-refractivity contribution in [2.24, 2.45) is 10.9 Å². The van der Waals surface area contributed by atoms with Gasteiger partial charge in [0, 0.05) is 44.8 Å². The fourth-order valence-electron chi connectivity index (χ4n) is 2.73. The molecule has 1 unspecified atom stereocenters. The minimum absolute atomic E-state index is 0. The Hall–Kier alpha value is -0.670. The molecule has 0 amide bonds. The maximum Gasteiger partial charge on any atom is 0.193 e. The first-order valence-electron chi connectivity index (χ1n) is 8.92. The van der Waals surface area contributed by atoms with Crippen LogP contribution in [0.5, 0.6) is 5.75 Å². The summed E-state index contributed by atoms with van der Waals surface area (Å²) in [4.78, 5) is 6.85. The van der Waals surface area contributed by atoms with Crippen molar-refractivity contribution in [1.82, 2.24) is 10.2 Å². The highest BCUT2D eigenvalue weighted by molar-refractivity contribution is 14.0. The zero-order chi connectivity index (χ0) is 18.1. The highest BCUT2D eigenvalue weighted by Crippen LogP contribution is 2.24. The van der Waals surface area contributed by atoms with Gasteiger partial charge in [-0.3, -0.25) is 4.99 Å². The van der Waals surface area contributed by atoms with Gasteiger partial charge in [-0.1, -0.05) is 26.0 Å². The third-order valence-corrected chi connectivity index (χ3v) is 5.82. The van der Waals surface area contributed by atoms with Gasteiger partial charge in [-0.2, -0.15) is 11.8 Å². The van der Waals surface area contributed by atoms with Gasteiger partial charge in [0.2, 0.25) is 0 Å². The van der Waals surface area contributed by atoms with E-state index < -0.39 is 0 Å². The summed E-state index contributed by atoms with van der Waals surface area (Å²) in [5.74, 6) is 3.72. The van der Waals surface area contributed by atoms with Crippen molar-refractivity contribution >= 4 is 41.7 Å². The number of methoxy groups -OCH3 is 1. The lowest BCUT2D eigenvalue weighted by atomic mass is 10.1. The molecule has 26 heavy (non-hydrogen) atoms. The topological polar surface area (TPSA) is 46.1 Å². The zero-order valence-corrected chi connectivity index (χ0v) is 19.4. The minimum Gasteiger partial charge on any atom is -0.491 e. The molecule has 1 aliphatic rings. The van der Waals surface area contributed by atoms with Crippen molar-refractivity contribution in [2.75, 3.05) is 46.2 Å². The highest BCUT2D eigenvalue weighted by Gasteiger charge is 2.24. The lowest BCUT2D eigenvalue weighted by Crippen LogP contribution is -2.48. The van der Waals surface area contributed by atoms with Gasteiger partial charge in [0.1, 0.15) is 12.4 Å². The molecule has 0 radical (unpaired) electrons. The van der Waals surface area contributed by atoms with Crippen molar-refractivity contribution < 1.29 is 9.47 Å². The van der Waals surface area contributed by atoms with Crippen molar-refractivity contribution in [2.45, 2.75) is 25.6 Å². The first-order valence-corrected chi connectivity index (χ1v) is 9.96. The number of nitrogens with zero attached hydrogens (tertiary/aromatic N) is 2. The summed E-state index contributed by atoms with van der Waals surface area (Å²) in [6, 6.07) is 8.18. The fourth-order valence-corrected chi connectivity index (χ4v) is 4.03. The molecular formula is C19H32IN3O2S.